The van der Waals surface area contributed by atoms with E-state index >= 15 is 0 Å². The first-order valence-electron chi connectivity index (χ1n) is 9.44. The maximum Gasteiger partial charge on any atom is 0.242 e. The van der Waals surface area contributed by atoms with E-state index in [4.69, 9.17) is 23.2 Å². The third-order valence-corrected chi connectivity index (χ3v) is 6.44. The second kappa shape index (κ2) is 11.5. The molecule has 0 spiro atoms. The molecular formula is C22H26Cl2N2O2S. The Bertz CT molecular complexity index is 860. The quantitative estimate of drug-likeness (QED) is 0.576. The first kappa shape index (κ1) is 23.6. The molecule has 1 N–H and O–H groups in total. The number of halogens is 2. The number of aryl methyl sites for hydroxylation is 1. The van der Waals surface area contributed by atoms with E-state index in [1.807, 2.05) is 50.2 Å². The molecule has 0 radical (unpaired) electrons. The van der Waals surface area contributed by atoms with Crippen LogP contribution < -0.4 is 5.32 Å². The van der Waals surface area contributed by atoms with Gasteiger partial charge in [-0.2, -0.15) is 0 Å². The zero-order valence-electron chi connectivity index (χ0n) is 16.9. The molecule has 0 bridgehead atoms. The zero-order valence-corrected chi connectivity index (χ0v) is 19.2. The van der Waals surface area contributed by atoms with Crippen LogP contribution in [0.25, 0.3) is 0 Å². The Labute approximate surface area is 187 Å². The lowest BCUT2D eigenvalue weighted by Gasteiger charge is -2.30. The summed E-state index contributed by atoms with van der Waals surface area (Å²) in [4.78, 5) is 27.1. The van der Waals surface area contributed by atoms with E-state index in [0.29, 0.717) is 28.8 Å². The van der Waals surface area contributed by atoms with Crippen LogP contribution in [0, 0.1) is 6.92 Å². The monoisotopic (exact) mass is 452 g/mol. The summed E-state index contributed by atoms with van der Waals surface area (Å²) in [5, 5.41) is 3.69. The van der Waals surface area contributed by atoms with Gasteiger partial charge in [-0.15, -0.1) is 11.8 Å². The fourth-order valence-electron chi connectivity index (χ4n) is 3.03. The fraction of sp³-hybridized carbons (Fsp3) is 0.364. The molecule has 7 heteroatoms. The summed E-state index contributed by atoms with van der Waals surface area (Å²) in [6, 6.07) is 12.9. The highest BCUT2D eigenvalue weighted by Gasteiger charge is 2.28. The molecule has 2 aromatic carbocycles. The van der Waals surface area contributed by atoms with Gasteiger partial charge in [0.25, 0.3) is 0 Å². The van der Waals surface area contributed by atoms with Crippen LogP contribution in [-0.4, -0.2) is 35.6 Å². The molecule has 2 aromatic rings. The van der Waals surface area contributed by atoms with E-state index in [1.165, 1.54) is 11.8 Å². The molecule has 0 aliphatic carbocycles. The Morgan fingerprint density at radius 1 is 1.14 bits per heavy atom. The third-order valence-electron chi connectivity index (χ3n) is 4.71. The summed E-state index contributed by atoms with van der Waals surface area (Å²) < 4.78 is 0. The highest BCUT2D eigenvalue weighted by Crippen LogP contribution is 2.25. The Kier molecular flexibility index (Phi) is 9.34. The minimum atomic E-state index is -0.502. The maximum absolute atomic E-state index is 13.1. The van der Waals surface area contributed by atoms with Crippen molar-refractivity contribution in [1.82, 2.24) is 10.2 Å². The smallest absolute Gasteiger partial charge is 0.242 e. The molecule has 0 unspecified atom stereocenters. The van der Waals surface area contributed by atoms with Gasteiger partial charge in [0.1, 0.15) is 6.04 Å². The lowest BCUT2D eigenvalue weighted by Crippen LogP contribution is -2.48. The van der Waals surface area contributed by atoms with Crippen molar-refractivity contribution >= 4 is 46.8 Å². The van der Waals surface area contributed by atoms with Crippen LogP contribution in [0.1, 0.15) is 30.0 Å². The SMILES string of the molecule is CC[C@@H](C(=O)NC)N(Cc1ccccc1C)C(=O)CSCc1ccc(Cl)c(Cl)c1. The molecule has 2 rings (SSSR count). The van der Waals surface area contributed by atoms with Crippen molar-refractivity contribution in [2.45, 2.75) is 38.6 Å². The molecule has 0 heterocycles. The predicted molar refractivity (Wildman–Crippen MR) is 122 cm³/mol. The highest BCUT2D eigenvalue weighted by atomic mass is 35.5. The average molecular weight is 453 g/mol. The van der Waals surface area contributed by atoms with Crippen LogP contribution in [0.5, 0.6) is 0 Å². The van der Waals surface area contributed by atoms with Gasteiger partial charge in [0.2, 0.25) is 11.8 Å². The lowest BCUT2D eigenvalue weighted by atomic mass is 10.1. The summed E-state index contributed by atoms with van der Waals surface area (Å²) in [7, 11) is 1.60. The van der Waals surface area contributed by atoms with Gasteiger partial charge < -0.3 is 10.2 Å². The summed E-state index contributed by atoms with van der Waals surface area (Å²) >= 11 is 13.5. The second-order valence-electron chi connectivity index (χ2n) is 6.73. The zero-order chi connectivity index (χ0) is 21.4. The van der Waals surface area contributed by atoms with Gasteiger partial charge in [0.05, 0.1) is 15.8 Å². The minimum absolute atomic E-state index is 0.0613. The van der Waals surface area contributed by atoms with E-state index in [2.05, 4.69) is 5.32 Å². The number of nitrogens with zero attached hydrogens (tertiary/aromatic N) is 1. The van der Waals surface area contributed by atoms with Crippen molar-refractivity contribution in [1.29, 1.82) is 0 Å². The number of hydrogen-bond donors (Lipinski definition) is 1. The average Bonchev–Trinajstić information content (AvgIpc) is 2.71. The van der Waals surface area contributed by atoms with Crippen LogP contribution in [0.15, 0.2) is 42.5 Å². The number of rotatable bonds is 9. The van der Waals surface area contributed by atoms with Gasteiger partial charge >= 0.3 is 0 Å². The molecule has 0 aliphatic heterocycles. The van der Waals surface area contributed by atoms with Crippen molar-refractivity contribution < 1.29 is 9.59 Å². The van der Waals surface area contributed by atoms with Crippen molar-refractivity contribution in [3.8, 4) is 0 Å². The van der Waals surface area contributed by atoms with E-state index in [0.717, 1.165) is 16.7 Å². The lowest BCUT2D eigenvalue weighted by molar-refractivity contribution is -0.139. The summed E-state index contributed by atoms with van der Waals surface area (Å²) in [5.41, 5.74) is 3.14. The van der Waals surface area contributed by atoms with Gasteiger partial charge in [-0.1, -0.05) is 60.5 Å². The van der Waals surface area contributed by atoms with Gasteiger partial charge in [-0.3, -0.25) is 9.59 Å². The van der Waals surface area contributed by atoms with Crippen molar-refractivity contribution in [2.75, 3.05) is 12.8 Å². The van der Waals surface area contributed by atoms with Crippen LogP contribution in [-0.2, 0) is 21.9 Å². The second-order valence-corrected chi connectivity index (χ2v) is 8.53. The first-order chi connectivity index (χ1) is 13.9. The molecule has 0 fully saturated rings. The maximum atomic E-state index is 13.1. The largest absolute Gasteiger partial charge is 0.357 e. The number of benzene rings is 2. The Hall–Kier alpha value is -1.69. The fourth-order valence-corrected chi connectivity index (χ4v) is 4.20. The third kappa shape index (κ3) is 6.66. The highest BCUT2D eigenvalue weighted by molar-refractivity contribution is 7.99. The van der Waals surface area contributed by atoms with Crippen molar-refractivity contribution in [3.63, 3.8) is 0 Å². The Balaban J connectivity index is 2.11. The van der Waals surface area contributed by atoms with Crippen LogP contribution in [0.3, 0.4) is 0 Å². The summed E-state index contributed by atoms with van der Waals surface area (Å²) in [5.74, 6) is 0.703. The van der Waals surface area contributed by atoms with Crippen LogP contribution in [0.2, 0.25) is 10.0 Å². The number of nitrogens with one attached hydrogen (secondary N) is 1. The van der Waals surface area contributed by atoms with Crippen molar-refractivity contribution in [3.05, 3.63) is 69.2 Å². The number of carbonyl (C=O) groups excluding carboxylic acids is 2. The predicted octanol–water partition coefficient (Wildman–Crippen LogP) is 5.09. The standard InChI is InChI=1S/C22H26Cl2N2O2S/c1-4-20(22(28)25-3)26(12-17-8-6-5-7-15(17)2)21(27)14-29-13-16-9-10-18(23)19(24)11-16/h5-11,20H,4,12-14H2,1-3H3,(H,25,28)/t20-/m0/s1. The molecule has 0 saturated heterocycles. The molecule has 2 amide bonds. The van der Waals surface area contributed by atoms with Crippen molar-refractivity contribution in [2.24, 2.45) is 0 Å². The molecule has 156 valence electrons. The number of thioether (sulfide) groups is 1. The Morgan fingerprint density at radius 3 is 2.48 bits per heavy atom. The first-order valence-corrected chi connectivity index (χ1v) is 11.4. The van der Waals surface area contributed by atoms with Gasteiger partial charge in [-0.05, 0) is 42.2 Å². The molecule has 4 nitrogen and oxygen atoms in total. The van der Waals surface area contributed by atoms with Gasteiger partial charge in [0, 0.05) is 19.3 Å². The number of amides is 2. The molecule has 1 atom stereocenters. The number of hydrogen-bond acceptors (Lipinski definition) is 3. The molecule has 0 aromatic heterocycles. The normalized spacial score (nSPS) is 11.8. The summed E-state index contributed by atoms with van der Waals surface area (Å²) in [6.07, 6.45) is 0.550. The summed E-state index contributed by atoms with van der Waals surface area (Å²) in [6.45, 7) is 4.34. The molecule has 0 saturated carbocycles. The van der Waals surface area contributed by atoms with Gasteiger partial charge in [0.15, 0.2) is 0 Å². The van der Waals surface area contributed by atoms with E-state index < -0.39 is 6.04 Å². The molecule has 0 aliphatic rings. The van der Waals surface area contributed by atoms with Gasteiger partial charge in [-0.25, -0.2) is 0 Å². The minimum Gasteiger partial charge on any atom is -0.357 e. The van der Waals surface area contributed by atoms with E-state index in [1.54, 1.807) is 18.0 Å². The topological polar surface area (TPSA) is 49.4 Å². The molecular weight excluding hydrogens is 427 g/mol. The van der Waals surface area contributed by atoms with Crippen LogP contribution in [0.4, 0.5) is 0 Å². The number of carbonyl (C=O) groups is 2. The van der Waals surface area contributed by atoms with Crippen LogP contribution >= 0.6 is 35.0 Å². The number of likely N-dealkylation sites (N-methyl/N-ethyl adjacent to an activating group) is 1. The molecule has 29 heavy (non-hydrogen) atoms. The van der Waals surface area contributed by atoms with E-state index in [9.17, 15) is 9.59 Å². The van der Waals surface area contributed by atoms with E-state index in [-0.39, 0.29) is 17.6 Å². The Morgan fingerprint density at radius 2 is 1.86 bits per heavy atom.